The van der Waals surface area contributed by atoms with Gasteiger partial charge in [0, 0.05) is 32.0 Å². The van der Waals surface area contributed by atoms with Crippen molar-refractivity contribution in [2.24, 2.45) is 0 Å². The van der Waals surface area contributed by atoms with Gasteiger partial charge in [-0.25, -0.2) is 0 Å². The number of piperidine rings is 1. The minimum Gasteiger partial charge on any atom is -0.343 e. The van der Waals surface area contributed by atoms with Gasteiger partial charge in [-0.15, -0.1) is 0 Å². The molecule has 1 saturated heterocycles. The normalized spacial score (nSPS) is 15.8. The van der Waals surface area contributed by atoms with Gasteiger partial charge in [0.2, 0.25) is 5.91 Å². The fourth-order valence-electron chi connectivity index (χ4n) is 2.12. The third-order valence-electron chi connectivity index (χ3n) is 3.28. The Kier molecular flexibility index (Phi) is 4.76. The molecule has 0 atom stereocenters. The van der Waals surface area contributed by atoms with Crippen molar-refractivity contribution in [3.05, 3.63) is 5.82 Å². The van der Waals surface area contributed by atoms with Crippen LogP contribution in [0.15, 0.2) is 4.52 Å². The van der Waals surface area contributed by atoms with Crippen molar-refractivity contribution < 1.29 is 9.32 Å². The highest BCUT2D eigenvalue weighted by Crippen LogP contribution is 2.13. The Hall–Kier alpha value is -1.59. The second kappa shape index (κ2) is 6.54. The van der Waals surface area contributed by atoms with E-state index in [0.717, 1.165) is 25.9 Å². The Bertz CT molecular complexity index is 411. The lowest BCUT2D eigenvalue weighted by Gasteiger charge is -2.26. The molecule has 1 aromatic rings. The summed E-state index contributed by atoms with van der Waals surface area (Å²) in [5.74, 6) is 1.13. The van der Waals surface area contributed by atoms with Gasteiger partial charge in [-0.1, -0.05) is 19.0 Å². The molecule has 106 valence electrons. The SMILES string of the molecule is CC(C)c1noc(NCCC(=O)N2CCCCC2)n1. The van der Waals surface area contributed by atoms with E-state index in [-0.39, 0.29) is 11.8 Å². The minimum absolute atomic E-state index is 0.204. The van der Waals surface area contributed by atoms with Crippen LogP contribution < -0.4 is 5.32 Å². The summed E-state index contributed by atoms with van der Waals surface area (Å²) in [5.41, 5.74) is 0. The quantitative estimate of drug-likeness (QED) is 0.882. The molecule has 0 aromatic carbocycles. The van der Waals surface area contributed by atoms with Gasteiger partial charge in [0.25, 0.3) is 0 Å². The van der Waals surface area contributed by atoms with E-state index < -0.39 is 0 Å². The maximum absolute atomic E-state index is 11.9. The van der Waals surface area contributed by atoms with Gasteiger partial charge in [-0.05, 0) is 19.3 Å². The zero-order chi connectivity index (χ0) is 13.7. The molecular weight excluding hydrogens is 244 g/mol. The predicted octanol–water partition coefficient (Wildman–Crippen LogP) is 2.01. The number of nitrogens with one attached hydrogen (secondary N) is 1. The van der Waals surface area contributed by atoms with Crippen molar-refractivity contribution in [3.8, 4) is 0 Å². The van der Waals surface area contributed by atoms with E-state index in [4.69, 9.17) is 4.52 Å². The van der Waals surface area contributed by atoms with E-state index >= 15 is 0 Å². The lowest BCUT2D eigenvalue weighted by atomic mass is 10.1. The summed E-state index contributed by atoms with van der Waals surface area (Å²) in [4.78, 5) is 18.1. The summed E-state index contributed by atoms with van der Waals surface area (Å²) in [6.07, 6.45) is 3.96. The molecule has 0 spiro atoms. The second-order valence-electron chi connectivity index (χ2n) is 5.23. The van der Waals surface area contributed by atoms with Crippen molar-refractivity contribution in [1.82, 2.24) is 15.0 Å². The number of carbonyl (C=O) groups is 1. The summed E-state index contributed by atoms with van der Waals surface area (Å²) in [6.45, 7) is 6.35. The maximum Gasteiger partial charge on any atom is 0.321 e. The van der Waals surface area contributed by atoms with Crippen LogP contribution in [-0.4, -0.2) is 40.6 Å². The first-order chi connectivity index (χ1) is 9.16. The number of likely N-dealkylation sites (tertiary alicyclic amines) is 1. The molecule has 1 fully saturated rings. The number of nitrogens with zero attached hydrogens (tertiary/aromatic N) is 3. The molecule has 1 aliphatic rings. The fourth-order valence-corrected chi connectivity index (χ4v) is 2.12. The highest BCUT2D eigenvalue weighted by Gasteiger charge is 2.16. The van der Waals surface area contributed by atoms with Gasteiger partial charge in [0.05, 0.1) is 0 Å². The van der Waals surface area contributed by atoms with Gasteiger partial charge in [-0.3, -0.25) is 4.79 Å². The molecule has 1 N–H and O–H groups in total. The van der Waals surface area contributed by atoms with Crippen LogP contribution in [0.2, 0.25) is 0 Å². The molecule has 0 saturated carbocycles. The van der Waals surface area contributed by atoms with E-state index in [2.05, 4.69) is 15.5 Å². The lowest BCUT2D eigenvalue weighted by molar-refractivity contribution is -0.131. The Balaban J connectivity index is 1.71. The molecule has 2 heterocycles. The van der Waals surface area contributed by atoms with Crippen molar-refractivity contribution in [1.29, 1.82) is 0 Å². The number of hydrogen-bond acceptors (Lipinski definition) is 5. The predicted molar refractivity (Wildman–Crippen MR) is 71.9 cm³/mol. The van der Waals surface area contributed by atoms with Crippen LogP contribution in [0.25, 0.3) is 0 Å². The van der Waals surface area contributed by atoms with Crippen LogP contribution in [0, 0.1) is 0 Å². The first-order valence-corrected chi connectivity index (χ1v) is 7.02. The second-order valence-corrected chi connectivity index (χ2v) is 5.23. The number of anilines is 1. The van der Waals surface area contributed by atoms with Crippen LogP contribution >= 0.6 is 0 Å². The van der Waals surface area contributed by atoms with E-state index in [0.29, 0.717) is 24.8 Å². The average molecular weight is 266 g/mol. The van der Waals surface area contributed by atoms with Crippen molar-refractivity contribution in [2.75, 3.05) is 25.0 Å². The van der Waals surface area contributed by atoms with Crippen LogP contribution in [0.4, 0.5) is 6.01 Å². The van der Waals surface area contributed by atoms with E-state index in [1.54, 1.807) is 0 Å². The van der Waals surface area contributed by atoms with Gasteiger partial charge < -0.3 is 14.7 Å². The van der Waals surface area contributed by atoms with E-state index in [9.17, 15) is 4.79 Å². The third kappa shape index (κ3) is 3.94. The summed E-state index contributed by atoms with van der Waals surface area (Å²) in [5, 5.41) is 6.86. The Morgan fingerprint density at radius 2 is 2.11 bits per heavy atom. The molecule has 1 amide bonds. The van der Waals surface area contributed by atoms with Crippen LogP contribution in [0.3, 0.4) is 0 Å². The molecule has 0 radical (unpaired) electrons. The molecule has 0 aliphatic carbocycles. The number of aromatic nitrogens is 2. The Labute approximate surface area is 113 Å². The standard InChI is InChI=1S/C13H22N4O2/c1-10(2)12-15-13(19-16-12)14-7-6-11(18)17-8-4-3-5-9-17/h10H,3-9H2,1-2H3,(H,14,15,16). The molecule has 19 heavy (non-hydrogen) atoms. The number of amides is 1. The van der Waals surface area contributed by atoms with Crippen LogP contribution in [0.5, 0.6) is 0 Å². The van der Waals surface area contributed by atoms with E-state index in [1.807, 2.05) is 18.7 Å². The van der Waals surface area contributed by atoms with E-state index in [1.165, 1.54) is 6.42 Å². The first-order valence-electron chi connectivity index (χ1n) is 7.02. The number of carbonyl (C=O) groups excluding carboxylic acids is 1. The first kappa shape index (κ1) is 13.8. The minimum atomic E-state index is 0.204. The molecular formula is C13H22N4O2. The molecule has 6 heteroatoms. The maximum atomic E-state index is 11.9. The highest BCUT2D eigenvalue weighted by atomic mass is 16.5. The summed E-state index contributed by atoms with van der Waals surface area (Å²) >= 11 is 0. The fraction of sp³-hybridized carbons (Fsp3) is 0.769. The number of rotatable bonds is 5. The third-order valence-corrected chi connectivity index (χ3v) is 3.28. The number of hydrogen-bond donors (Lipinski definition) is 1. The lowest BCUT2D eigenvalue weighted by Crippen LogP contribution is -2.36. The van der Waals surface area contributed by atoms with Crippen molar-refractivity contribution in [3.63, 3.8) is 0 Å². The Morgan fingerprint density at radius 3 is 2.74 bits per heavy atom. The summed E-state index contributed by atoms with van der Waals surface area (Å²) < 4.78 is 5.06. The van der Waals surface area contributed by atoms with Gasteiger partial charge in [-0.2, -0.15) is 4.98 Å². The summed E-state index contributed by atoms with van der Waals surface area (Å²) in [7, 11) is 0. The largest absolute Gasteiger partial charge is 0.343 e. The average Bonchev–Trinajstić information content (AvgIpc) is 2.89. The zero-order valence-electron chi connectivity index (χ0n) is 11.7. The van der Waals surface area contributed by atoms with Crippen molar-refractivity contribution in [2.45, 2.75) is 45.4 Å². The highest BCUT2D eigenvalue weighted by molar-refractivity contribution is 5.76. The molecule has 0 bridgehead atoms. The van der Waals surface area contributed by atoms with Crippen LogP contribution in [-0.2, 0) is 4.79 Å². The topological polar surface area (TPSA) is 71.3 Å². The van der Waals surface area contributed by atoms with Gasteiger partial charge in [0.1, 0.15) is 0 Å². The molecule has 0 unspecified atom stereocenters. The van der Waals surface area contributed by atoms with Crippen LogP contribution in [0.1, 0.15) is 51.3 Å². The zero-order valence-corrected chi connectivity index (χ0v) is 11.7. The molecule has 1 aliphatic heterocycles. The Morgan fingerprint density at radius 1 is 1.37 bits per heavy atom. The molecule has 2 rings (SSSR count). The van der Waals surface area contributed by atoms with Gasteiger partial charge in [0.15, 0.2) is 5.82 Å². The molecule has 6 nitrogen and oxygen atoms in total. The smallest absolute Gasteiger partial charge is 0.321 e. The van der Waals surface area contributed by atoms with Gasteiger partial charge >= 0.3 is 6.01 Å². The van der Waals surface area contributed by atoms with Crippen molar-refractivity contribution >= 4 is 11.9 Å². The molecule has 1 aromatic heterocycles. The summed E-state index contributed by atoms with van der Waals surface area (Å²) in [6, 6.07) is 0.398. The monoisotopic (exact) mass is 266 g/mol.